The molecule has 0 saturated carbocycles. The summed E-state index contributed by atoms with van der Waals surface area (Å²) in [5, 5.41) is 12.1. The van der Waals surface area contributed by atoms with Crippen LogP contribution in [0.2, 0.25) is 0 Å². The number of benzene rings is 2. The Morgan fingerprint density at radius 3 is 2.42 bits per heavy atom. The minimum atomic E-state index is -2.35. The Morgan fingerprint density at radius 2 is 1.83 bits per heavy atom. The van der Waals surface area contributed by atoms with Crippen LogP contribution < -0.4 is 21.7 Å². The van der Waals surface area contributed by atoms with Crippen molar-refractivity contribution in [1.82, 2.24) is 10.9 Å². The van der Waals surface area contributed by atoms with Crippen molar-refractivity contribution < 1.29 is 14.7 Å². The second kappa shape index (κ2) is 6.04. The van der Waals surface area contributed by atoms with Gasteiger partial charge in [0.05, 0.1) is 11.7 Å². The first-order valence-electron chi connectivity index (χ1n) is 7.44. The first-order valence-corrected chi connectivity index (χ1v) is 7.44. The number of nitrogens with one attached hydrogen (secondary N) is 2. The van der Waals surface area contributed by atoms with E-state index in [1.54, 1.807) is 42.5 Å². The van der Waals surface area contributed by atoms with E-state index in [0.29, 0.717) is 11.3 Å². The number of hydrogen-bond acceptors (Lipinski definition) is 5. The van der Waals surface area contributed by atoms with Gasteiger partial charge in [0.25, 0.3) is 11.8 Å². The van der Waals surface area contributed by atoms with Crippen molar-refractivity contribution in [1.29, 1.82) is 0 Å². The zero-order valence-corrected chi connectivity index (χ0v) is 13.1. The zero-order chi connectivity index (χ0) is 17.3. The van der Waals surface area contributed by atoms with Crippen molar-refractivity contribution in [3.8, 4) is 0 Å². The number of rotatable bonds is 3. The minimum absolute atomic E-state index is 0.514. The highest BCUT2D eigenvalue weighted by Gasteiger charge is 2.59. The Morgan fingerprint density at radius 1 is 1.21 bits per heavy atom. The summed E-state index contributed by atoms with van der Waals surface area (Å²) in [6, 6.07) is 14.9. The van der Waals surface area contributed by atoms with Gasteiger partial charge in [0.15, 0.2) is 0 Å². The average molecular weight is 326 g/mol. The topological polar surface area (TPSA) is 108 Å². The van der Waals surface area contributed by atoms with E-state index in [0.717, 1.165) is 5.56 Å². The third-order valence-electron chi connectivity index (χ3n) is 4.11. The Labute approximate surface area is 139 Å². The smallest absolute Gasteiger partial charge is 0.285 e. The number of hydrazine groups is 2. The molecule has 1 aliphatic heterocycles. The van der Waals surface area contributed by atoms with Gasteiger partial charge in [-0.3, -0.25) is 15.0 Å². The molecule has 0 radical (unpaired) electrons. The first kappa shape index (κ1) is 16.1. The Bertz CT molecular complexity index is 763. The molecule has 7 heteroatoms. The highest BCUT2D eigenvalue weighted by molar-refractivity contribution is 6.16. The number of carbonyl (C=O) groups is 2. The predicted molar refractivity (Wildman–Crippen MR) is 88.3 cm³/mol. The van der Waals surface area contributed by atoms with Crippen molar-refractivity contribution in [2.45, 2.75) is 18.6 Å². The summed E-state index contributed by atoms with van der Waals surface area (Å²) in [6.45, 7) is 1.92. The van der Waals surface area contributed by atoms with Gasteiger partial charge >= 0.3 is 0 Å². The number of anilines is 1. The lowest BCUT2D eigenvalue weighted by Crippen LogP contribution is -2.56. The number of carbonyl (C=O) groups excluding carboxylic acids is 2. The molecule has 7 nitrogen and oxygen atoms in total. The van der Waals surface area contributed by atoms with E-state index >= 15 is 0 Å². The number of para-hydroxylation sites is 1. The van der Waals surface area contributed by atoms with Crippen molar-refractivity contribution in [2.24, 2.45) is 5.84 Å². The van der Waals surface area contributed by atoms with E-state index in [2.05, 4.69) is 5.43 Å². The summed E-state index contributed by atoms with van der Waals surface area (Å²) >= 11 is 0. The van der Waals surface area contributed by atoms with E-state index in [1.807, 2.05) is 24.5 Å². The van der Waals surface area contributed by atoms with Gasteiger partial charge < -0.3 is 5.11 Å². The monoisotopic (exact) mass is 326 g/mol. The summed E-state index contributed by atoms with van der Waals surface area (Å²) in [6.07, 6.45) is 0. The standard InChI is InChI=1S/C17H18N4O3/c1-11-7-9-12(10-8-11)14-17(24,15(22)19-18)16(23)21(20-14)13-5-3-2-4-6-13/h2-10,14,20,24H,18H2,1H3,(H,19,22). The fraction of sp³-hybridized carbons (Fsp3) is 0.176. The number of nitrogens with zero attached hydrogens (tertiary/aromatic N) is 1. The van der Waals surface area contributed by atoms with Gasteiger partial charge in [-0.25, -0.2) is 16.3 Å². The fourth-order valence-electron chi connectivity index (χ4n) is 2.76. The molecule has 0 aliphatic carbocycles. The third kappa shape index (κ3) is 2.44. The molecule has 0 spiro atoms. The molecule has 1 heterocycles. The zero-order valence-electron chi connectivity index (χ0n) is 13.1. The summed E-state index contributed by atoms with van der Waals surface area (Å²) in [7, 11) is 0. The Kier molecular flexibility index (Phi) is 4.06. The van der Waals surface area contributed by atoms with Crippen LogP contribution in [0.4, 0.5) is 5.69 Å². The molecule has 2 aromatic rings. The molecule has 24 heavy (non-hydrogen) atoms. The van der Waals surface area contributed by atoms with E-state index in [9.17, 15) is 14.7 Å². The summed E-state index contributed by atoms with van der Waals surface area (Å²) in [4.78, 5) is 25.0. The van der Waals surface area contributed by atoms with Crippen LogP contribution in [0.5, 0.6) is 0 Å². The molecule has 1 saturated heterocycles. The quantitative estimate of drug-likeness (QED) is 0.281. The maximum atomic E-state index is 12.8. The largest absolute Gasteiger partial charge is 0.370 e. The van der Waals surface area contributed by atoms with Crippen LogP contribution in [0.3, 0.4) is 0 Å². The molecule has 3 rings (SSSR count). The fourth-order valence-corrected chi connectivity index (χ4v) is 2.76. The number of hydrogen-bond donors (Lipinski definition) is 4. The lowest BCUT2D eigenvalue weighted by molar-refractivity contribution is -0.151. The molecular formula is C17H18N4O3. The van der Waals surface area contributed by atoms with E-state index in [4.69, 9.17) is 5.84 Å². The maximum absolute atomic E-state index is 12.8. The molecule has 2 amide bonds. The molecular weight excluding hydrogens is 308 g/mol. The molecule has 1 aliphatic rings. The van der Waals surface area contributed by atoms with Crippen LogP contribution in [0.1, 0.15) is 17.2 Å². The van der Waals surface area contributed by atoms with Gasteiger partial charge in [0.1, 0.15) is 0 Å². The molecule has 0 bridgehead atoms. The maximum Gasteiger partial charge on any atom is 0.285 e. The molecule has 2 unspecified atom stereocenters. The number of amides is 2. The summed E-state index contributed by atoms with van der Waals surface area (Å²) in [5.41, 5.74) is 4.59. The predicted octanol–water partition coefficient (Wildman–Crippen LogP) is 0.309. The molecule has 2 atom stereocenters. The van der Waals surface area contributed by atoms with Crippen LogP contribution in [0.25, 0.3) is 0 Å². The van der Waals surface area contributed by atoms with E-state index in [1.165, 1.54) is 5.01 Å². The van der Waals surface area contributed by atoms with Crippen molar-refractivity contribution in [3.63, 3.8) is 0 Å². The van der Waals surface area contributed by atoms with E-state index in [-0.39, 0.29) is 0 Å². The second-order valence-corrected chi connectivity index (χ2v) is 5.69. The van der Waals surface area contributed by atoms with Crippen molar-refractivity contribution >= 4 is 17.5 Å². The lowest BCUT2D eigenvalue weighted by atomic mass is 9.88. The van der Waals surface area contributed by atoms with Gasteiger partial charge in [-0.1, -0.05) is 48.0 Å². The van der Waals surface area contributed by atoms with Crippen LogP contribution in [0, 0.1) is 6.92 Å². The average Bonchev–Trinajstić information content (AvgIpc) is 2.89. The van der Waals surface area contributed by atoms with Crippen molar-refractivity contribution in [3.05, 3.63) is 65.7 Å². The lowest BCUT2D eigenvalue weighted by Gasteiger charge is -2.24. The highest BCUT2D eigenvalue weighted by atomic mass is 16.3. The van der Waals surface area contributed by atoms with Gasteiger partial charge in [0.2, 0.25) is 5.60 Å². The Hall–Kier alpha value is -2.74. The molecule has 0 aromatic heterocycles. The SMILES string of the molecule is Cc1ccc(C2NN(c3ccccc3)C(=O)C2(O)C(=O)NN)cc1. The van der Waals surface area contributed by atoms with Crippen LogP contribution >= 0.6 is 0 Å². The first-order chi connectivity index (χ1) is 11.5. The van der Waals surface area contributed by atoms with Gasteiger partial charge in [0, 0.05) is 0 Å². The highest BCUT2D eigenvalue weighted by Crippen LogP contribution is 2.36. The molecule has 1 fully saturated rings. The van der Waals surface area contributed by atoms with E-state index < -0.39 is 23.5 Å². The summed E-state index contributed by atoms with van der Waals surface area (Å²) in [5.74, 6) is 3.43. The third-order valence-corrected chi connectivity index (χ3v) is 4.11. The number of nitrogens with two attached hydrogens (primary N) is 1. The number of aliphatic hydroxyl groups is 1. The molecule has 124 valence electrons. The minimum Gasteiger partial charge on any atom is -0.370 e. The van der Waals surface area contributed by atoms with Gasteiger partial charge in [-0.15, -0.1) is 0 Å². The van der Waals surface area contributed by atoms with Crippen molar-refractivity contribution in [2.75, 3.05) is 5.01 Å². The van der Waals surface area contributed by atoms with Crippen LogP contribution in [-0.4, -0.2) is 22.5 Å². The number of aryl methyl sites for hydroxylation is 1. The normalized spacial score (nSPS) is 23.4. The van der Waals surface area contributed by atoms with Gasteiger partial charge in [-0.2, -0.15) is 0 Å². The van der Waals surface area contributed by atoms with Crippen LogP contribution in [-0.2, 0) is 9.59 Å². The van der Waals surface area contributed by atoms with Gasteiger partial charge in [-0.05, 0) is 24.6 Å². The molecule has 5 N–H and O–H groups in total. The van der Waals surface area contributed by atoms with Crippen LogP contribution in [0.15, 0.2) is 54.6 Å². The summed E-state index contributed by atoms with van der Waals surface area (Å²) < 4.78 is 0. The Balaban J connectivity index is 2.07. The second-order valence-electron chi connectivity index (χ2n) is 5.69. The molecule has 2 aromatic carbocycles.